The van der Waals surface area contributed by atoms with E-state index in [1.807, 2.05) is 26.0 Å². The number of aromatic nitrogens is 6. The van der Waals surface area contributed by atoms with Crippen molar-refractivity contribution in [3.8, 4) is 63.9 Å². The van der Waals surface area contributed by atoms with Crippen LogP contribution >= 0.6 is 0 Å². The number of piperazine rings is 2. The standard InChI is InChI=1S/C59H63F5N12O5/c1-5-41-46(60)13-8-35-20-40(77)21-44(49(35)41)51-50(61)52-45(24-65-51)53(75-26-36-9-10-37(27-75)67-36)69-57(68-52)81-31-58(14-15-58)30-73-28-39(29-73)74-18-16-72(17-19-74)25-34-6-11-38(12-7-34)76-54(43-22-42(32(2)3)47(78)23-48(43)79)70-71-55(76)56(80)66-33(4)59(62,63)64/h1,6-8,11-13,20-24,32-33,36-37,39,56,66-67,77-80H,9-10,14-19,25-31H2,2-4H3. The lowest BCUT2D eigenvalue weighted by Crippen LogP contribution is -2.63. The zero-order chi connectivity index (χ0) is 56.6. The van der Waals surface area contributed by atoms with Crippen LogP contribution in [0.3, 0.4) is 0 Å². The average molecular weight is 1120 g/mol. The molecule has 4 saturated heterocycles. The number of hydrogen-bond donors (Lipinski definition) is 6. The van der Waals surface area contributed by atoms with Crippen LogP contribution in [0, 0.1) is 29.4 Å². The molecule has 0 radical (unpaired) electrons. The minimum atomic E-state index is -4.64. The van der Waals surface area contributed by atoms with E-state index < -0.39 is 30.1 Å². The Bertz CT molecular complexity index is 3560. The Labute approximate surface area is 464 Å². The maximum absolute atomic E-state index is 17.2. The third kappa shape index (κ3) is 10.7. The summed E-state index contributed by atoms with van der Waals surface area (Å²) < 4.78 is 80.9. The number of ether oxygens (including phenoxy) is 1. The topological polar surface area (TPSA) is 197 Å². The number of halogens is 5. The second kappa shape index (κ2) is 21.2. The number of benzene rings is 4. The predicted molar refractivity (Wildman–Crippen MR) is 294 cm³/mol. The summed E-state index contributed by atoms with van der Waals surface area (Å²) in [5.74, 6) is 0.658. The molecular formula is C59H63F5N12O5. The Morgan fingerprint density at radius 3 is 2.27 bits per heavy atom. The molecule has 3 aromatic heterocycles. The molecule has 0 amide bonds. The molecule has 4 unspecified atom stereocenters. The van der Waals surface area contributed by atoms with Gasteiger partial charge in [0.05, 0.1) is 23.1 Å². The van der Waals surface area contributed by atoms with E-state index in [-0.39, 0.29) is 91.6 Å². The summed E-state index contributed by atoms with van der Waals surface area (Å²) >= 11 is 0. The molecule has 6 N–H and O–H groups in total. The van der Waals surface area contributed by atoms with Crippen molar-refractivity contribution in [2.24, 2.45) is 5.41 Å². The molecule has 4 aromatic carbocycles. The zero-order valence-electron chi connectivity index (χ0n) is 45.1. The van der Waals surface area contributed by atoms with Crippen molar-refractivity contribution in [3.05, 3.63) is 101 Å². The molecule has 17 nitrogen and oxygen atoms in total. The van der Waals surface area contributed by atoms with Gasteiger partial charge in [0, 0.05) is 118 Å². The number of rotatable bonds is 16. The highest BCUT2D eigenvalue weighted by atomic mass is 19.4. The number of alkyl halides is 3. The first-order chi connectivity index (χ1) is 38.8. The largest absolute Gasteiger partial charge is 0.508 e. The fraction of sp³-hybridized carbons (Fsp3) is 0.441. The van der Waals surface area contributed by atoms with Crippen molar-refractivity contribution in [3.63, 3.8) is 0 Å². The van der Waals surface area contributed by atoms with Crippen molar-refractivity contribution in [2.75, 3.05) is 70.4 Å². The molecule has 12 rings (SSSR count). The van der Waals surface area contributed by atoms with Crippen molar-refractivity contribution < 1.29 is 47.1 Å². The number of phenolic OH excluding ortho intramolecular Hbond substituents is 3. The van der Waals surface area contributed by atoms with E-state index in [0.29, 0.717) is 60.1 Å². The van der Waals surface area contributed by atoms with E-state index in [4.69, 9.17) is 21.1 Å². The Morgan fingerprint density at radius 1 is 0.864 bits per heavy atom. The average Bonchev–Trinajstić information content (AvgIpc) is 4.00. The summed E-state index contributed by atoms with van der Waals surface area (Å²) in [4.78, 5) is 23.7. The van der Waals surface area contributed by atoms with Gasteiger partial charge in [-0.05, 0) is 91.4 Å². The molecule has 4 aliphatic heterocycles. The summed E-state index contributed by atoms with van der Waals surface area (Å²) in [7, 11) is 0. The number of nitrogens with zero attached hydrogens (tertiary/aromatic N) is 10. The van der Waals surface area contributed by atoms with E-state index in [2.05, 4.69) is 51.3 Å². The first-order valence-electron chi connectivity index (χ1n) is 27.5. The summed E-state index contributed by atoms with van der Waals surface area (Å²) in [5.41, 5.74) is 2.00. The molecule has 22 heteroatoms. The van der Waals surface area contributed by atoms with Gasteiger partial charge in [-0.2, -0.15) is 23.1 Å². The number of aromatic hydroxyl groups is 3. The molecule has 7 heterocycles. The van der Waals surface area contributed by atoms with Gasteiger partial charge in [0.1, 0.15) is 46.1 Å². The van der Waals surface area contributed by atoms with Gasteiger partial charge in [-0.1, -0.05) is 38.0 Å². The first-order valence-corrected chi connectivity index (χ1v) is 27.5. The number of pyridine rings is 1. The lowest BCUT2D eigenvalue weighted by atomic mass is 9.96. The lowest BCUT2D eigenvalue weighted by molar-refractivity contribution is -0.159. The number of phenols is 3. The van der Waals surface area contributed by atoms with Gasteiger partial charge in [-0.25, -0.2) is 8.78 Å². The quantitative estimate of drug-likeness (QED) is 0.0312. The summed E-state index contributed by atoms with van der Waals surface area (Å²) in [6.45, 7) is 13.2. The third-order valence-electron chi connectivity index (χ3n) is 16.9. The van der Waals surface area contributed by atoms with Gasteiger partial charge in [0.2, 0.25) is 0 Å². The third-order valence-corrected chi connectivity index (χ3v) is 16.9. The molecule has 5 aliphatic rings. The van der Waals surface area contributed by atoms with E-state index in [1.165, 1.54) is 34.9 Å². The second-order valence-electron chi connectivity index (χ2n) is 23.0. The number of nitrogens with one attached hydrogen (secondary N) is 2. The highest BCUT2D eigenvalue weighted by molar-refractivity contribution is 6.03. The number of hydrogen-bond acceptors (Lipinski definition) is 16. The van der Waals surface area contributed by atoms with Crippen molar-refractivity contribution in [2.45, 2.75) is 95.5 Å². The molecule has 424 valence electrons. The normalized spacial score (nSPS) is 20.5. The van der Waals surface area contributed by atoms with E-state index in [9.17, 15) is 33.6 Å². The fourth-order valence-electron chi connectivity index (χ4n) is 12.2. The summed E-state index contributed by atoms with van der Waals surface area (Å²) in [5, 5.41) is 58.5. The number of terminal acetylenes is 1. The number of aliphatic hydroxyl groups excluding tert-OH is 1. The predicted octanol–water partition coefficient (Wildman–Crippen LogP) is 7.73. The van der Waals surface area contributed by atoms with Crippen molar-refractivity contribution in [1.82, 2.24) is 55.0 Å². The van der Waals surface area contributed by atoms with Crippen molar-refractivity contribution >= 4 is 27.5 Å². The zero-order valence-corrected chi connectivity index (χ0v) is 45.1. The van der Waals surface area contributed by atoms with Crippen molar-refractivity contribution in [1.29, 1.82) is 0 Å². The van der Waals surface area contributed by atoms with Crippen LogP contribution in [0.25, 0.3) is 50.0 Å². The Morgan fingerprint density at radius 2 is 1.59 bits per heavy atom. The Kier molecular flexibility index (Phi) is 14.3. The Balaban J connectivity index is 0.692. The van der Waals surface area contributed by atoms with Gasteiger partial charge in [-0.15, -0.1) is 16.6 Å². The molecule has 2 bridgehead atoms. The van der Waals surface area contributed by atoms with E-state index in [0.717, 1.165) is 84.0 Å². The monoisotopic (exact) mass is 1110 g/mol. The molecule has 7 aromatic rings. The number of likely N-dealkylation sites (tertiary alicyclic amines) is 1. The maximum atomic E-state index is 17.2. The van der Waals surface area contributed by atoms with Crippen LogP contribution < -0.4 is 20.3 Å². The van der Waals surface area contributed by atoms with Crippen LogP contribution in [-0.4, -0.2) is 161 Å². The molecule has 4 atom stereocenters. The van der Waals surface area contributed by atoms with Crippen LogP contribution in [0.2, 0.25) is 0 Å². The molecule has 1 saturated carbocycles. The lowest BCUT2D eigenvalue weighted by Gasteiger charge is -2.49. The number of anilines is 1. The fourth-order valence-corrected chi connectivity index (χ4v) is 12.2. The maximum Gasteiger partial charge on any atom is 0.403 e. The van der Waals surface area contributed by atoms with Crippen LogP contribution in [-0.2, 0) is 6.54 Å². The number of fused-ring (bicyclic) bond motifs is 4. The minimum absolute atomic E-state index is 0.00763. The van der Waals surface area contributed by atoms with E-state index in [1.54, 1.807) is 24.4 Å². The second-order valence-corrected chi connectivity index (χ2v) is 23.0. The molecule has 81 heavy (non-hydrogen) atoms. The summed E-state index contributed by atoms with van der Waals surface area (Å²) in [6, 6.07) is 14.6. The summed E-state index contributed by atoms with van der Waals surface area (Å²) in [6.07, 6.45) is 4.80. The molecule has 0 spiro atoms. The SMILES string of the molecule is C#Cc1c(F)ccc2cc(O)cc(-c3ncc4c(N5CC6CCC(C5)N6)nc(OCC5(CN6CC(N7CCN(Cc8ccc(-n9c(-c%10cc(C(C)C)c(O)cc%10O)nnc9C(O)NC(C)C(F)(F)F)cc8)CC7)C6)CC5)nc4c3F)c12. The molecule has 1 aliphatic carbocycles. The first kappa shape index (κ1) is 54.3. The number of aliphatic hydroxyl groups is 1. The van der Waals surface area contributed by atoms with Gasteiger partial charge in [-0.3, -0.25) is 29.6 Å². The van der Waals surface area contributed by atoms with Crippen LogP contribution in [0.15, 0.2) is 66.9 Å². The highest BCUT2D eigenvalue weighted by Gasteiger charge is 2.48. The van der Waals surface area contributed by atoms with Crippen LogP contribution in [0.5, 0.6) is 23.3 Å². The van der Waals surface area contributed by atoms with Crippen LogP contribution in [0.4, 0.5) is 27.8 Å². The van der Waals surface area contributed by atoms with Gasteiger partial charge in [0.25, 0.3) is 0 Å². The highest BCUT2D eigenvalue weighted by Crippen LogP contribution is 2.48. The van der Waals surface area contributed by atoms with Gasteiger partial charge in [0.15, 0.2) is 23.7 Å². The van der Waals surface area contributed by atoms with Gasteiger partial charge < -0.3 is 35.4 Å². The smallest absolute Gasteiger partial charge is 0.403 e. The van der Waals surface area contributed by atoms with Crippen LogP contribution in [0.1, 0.15) is 81.1 Å². The molecular weight excluding hydrogens is 1050 g/mol. The Hall–Kier alpha value is -7.26. The minimum Gasteiger partial charge on any atom is -0.508 e. The molecule has 5 fully saturated rings. The van der Waals surface area contributed by atoms with Gasteiger partial charge >= 0.3 is 12.2 Å². The van der Waals surface area contributed by atoms with E-state index >= 15 is 8.78 Å².